The molecule has 0 bridgehead atoms. The Labute approximate surface area is 84.5 Å². The minimum atomic E-state index is 0.524. The summed E-state index contributed by atoms with van der Waals surface area (Å²) in [5.41, 5.74) is 1.31. The predicted molar refractivity (Wildman–Crippen MR) is 53.7 cm³/mol. The van der Waals surface area contributed by atoms with Crippen molar-refractivity contribution in [3.05, 3.63) is 33.9 Å². The second-order valence-electron chi connectivity index (χ2n) is 2.67. The molecule has 0 spiro atoms. The molecule has 0 unspecified atom stereocenters. The van der Waals surface area contributed by atoms with Crippen LogP contribution in [-0.2, 0) is 0 Å². The first kappa shape index (κ1) is 8.60. The summed E-state index contributed by atoms with van der Waals surface area (Å²) < 4.78 is 0. The van der Waals surface area contributed by atoms with E-state index in [1.165, 1.54) is 0 Å². The van der Waals surface area contributed by atoms with Gasteiger partial charge in [0.25, 0.3) is 0 Å². The lowest BCUT2D eigenvalue weighted by Gasteiger charge is -1.95. The van der Waals surface area contributed by atoms with Crippen molar-refractivity contribution in [2.75, 3.05) is 0 Å². The molecule has 1 aromatic carbocycles. The van der Waals surface area contributed by atoms with Gasteiger partial charge in [0.05, 0.1) is 10.5 Å². The van der Waals surface area contributed by atoms with Gasteiger partial charge in [0.2, 0.25) is 0 Å². The van der Waals surface area contributed by atoms with Gasteiger partial charge in [0.15, 0.2) is 6.29 Å². The molecule has 2 rings (SSSR count). The van der Waals surface area contributed by atoms with E-state index in [1.807, 2.05) is 0 Å². The number of fused-ring (bicyclic) bond motifs is 1. The molecule has 1 aromatic heterocycles. The summed E-state index contributed by atoms with van der Waals surface area (Å²) in [5.74, 6) is 0. The summed E-state index contributed by atoms with van der Waals surface area (Å²) in [6.07, 6.45) is 2.38. The number of carbonyl (C=O) groups excluding carboxylic acids is 1. The standard InChI is InChI=1S/C9H5Cl2NO/c10-6-1-7-5(4-13)3-12-9(7)8(11)2-6/h1-4,12H. The molecule has 0 atom stereocenters. The Bertz CT molecular complexity index is 476. The quantitative estimate of drug-likeness (QED) is 0.725. The Kier molecular flexibility index (Phi) is 2.02. The lowest BCUT2D eigenvalue weighted by molar-refractivity contribution is 0.112. The molecule has 4 heteroatoms. The van der Waals surface area contributed by atoms with E-state index in [4.69, 9.17) is 23.2 Å². The number of aromatic amines is 1. The van der Waals surface area contributed by atoms with Gasteiger partial charge in [0.1, 0.15) is 0 Å². The van der Waals surface area contributed by atoms with Crippen molar-refractivity contribution < 1.29 is 4.79 Å². The van der Waals surface area contributed by atoms with Gasteiger partial charge >= 0.3 is 0 Å². The first-order valence-electron chi connectivity index (χ1n) is 3.63. The van der Waals surface area contributed by atoms with Crippen molar-refractivity contribution in [2.45, 2.75) is 0 Å². The Morgan fingerprint density at radius 3 is 2.77 bits per heavy atom. The number of aldehydes is 1. The van der Waals surface area contributed by atoms with Crippen LogP contribution in [0, 0.1) is 0 Å². The zero-order valence-electron chi connectivity index (χ0n) is 6.47. The molecule has 0 fully saturated rings. The molecule has 1 heterocycles. The molecule has 13 heavy (non-hydrogen) atoms. The van der Waals surface area contributed by atoms with Gasteiger partial charge < -0.3 is 4.98 Å². The smallest absolute Gasteiger partial charge is 0.152 e. The number of rotatable bonds is 1. The molecule has 2 aromatic rings. The Hall–Kier alpha value is -0.990. The number of halogens is 2. The fourth-order valence-electron chi connectivity index (χ4n) is 1.27. The third kappa shape index (κ3) is 1.32. The number of aromatic nitrogens is 1. The Morgan fingerprint density at radius 1 is 1.31 bits per heavy atom. The number of H-pyrrole nitrogens is 1. The maximum Gasteiger partial charge on any atom is 0.152 e. The van der Waals surface area contributed by atoms with Crippen LogP contribution in [0.15, 0.2) is 18.3 Å². The van der Waals surface area contributed by atoms with Crippen LogP contribution < -0.4 is 0 Å². The van der Waals surface area contributed by atoms with Crippen LogP contribution in [0.1, 0.15) is 10.4 Å². The predicted octanol–water partition coefficient (Wildman–Crippen LogP) is 3.29. The Morgan fingerprint density at radius 2 is 2.08 bits per heavy atom. The third-order valence-corrected chi connectivity index (χ3v) is 2.38. The Balaban J connectivity index is 2.89. The molecule has 0 aliphatic heterocycles. The molecule has 0 saturated carbocycles. The van der Waals surface area contributed by atoms with Crippen molar-refractivity contribution in [3.63, 3.8) is 0 Å². The van der Waals surface area contributed by atoms with Crippen LogP contribution in [0.25, 0.3) is 10.9 Å². The molecule has 66 valence electrons. The maximum absolute atomic E-state index is 10.6. The fraction of sp³-hybridized carbons (Fsp3) is 0. The highest BCUT2D eigenvalue weighted by molar-refractivity contribution is 6.38. The molecule has 0 amide bonds. The summed E-state index contributed by atoms with van der Waals surface area (Å²) in [7, 11) is 0. The second-order valence-corrected chi connectivity index (χ2v) is 3.52. The summed E-state index contributed by atoms with van der Waals surface area (Å²) in [6.45, 7) is 0. The number of nitrogens with one attached hydrogen (secondary N) is 1. The van der Waals surface area contributed by atoms with E-state index in [1.54, 1.807) is 18.3 Å². The molecule has 0 radical (unpaired) electrons. The van der Waals surface area contributed by atoms with E-state index in [2.05, 4.69) is 4.98 Å². The second kappa shape index (κ2) is 3.05. The van der Waals surface area contributed by atoms with Gasteiger partial charge in [0, 0.05) is 22.2 Å². The molecular formula is C9H5Cl2NO. The van der Waals surface area contributed by atoms with Gasteiger partial charge in [-0.05, 0) is 12.1 Å². The van der Waals surface area contributed by atoms with Crippen LogP contribution in [0.4, 0.5) is 0 Å². The highest BCUT2D eigenvalue weighted by atomic mass is 35.5. The van der Waals surface area contributed by atoms with Crippen LogP contribution in [0.5, 0.6) is 0 Å². The normalized spacial score (nSPS) is 10.6. The SMILES string of the molecule is O=Cc1c[nH]c2c(Cl)cc(Cl)cc12. The van der Waals surface area contributed by atoms with E-state index in [0.29, 0.717) is 15.6 Å². The minimum Gasteiger partial charge on any atom is -0.359 e. The molecule has 1 N–H and O–H groups in total. The van der Waals surface area contributed by atoms with E-state index < -0.39 is 0 Å². The van der Waals surface area contributed by atoms with Gasteiger partial charge in [-0.1, -0.05) is 23.2 Å². The molecular weight excluding hydrogens is 209 g/mol. The molecule has 0 saturated heterocycles. The summed E-state index contributed by atoms with van der Waals surface area (Å²) in [4.78, 5) is 13.5. The number of hydrogen-bond donors (Lipinski definition) is 1. The fourth-order valence-corrected chi connectivity index (χ4v) is 1.82. The minimum absolute atomic E-state index is 0.524. The summed E-state index contributed by atoms with van der Waals surface area (Å²) in [6, 6.07) is 3.35. The van der Waals surface area contributed by atoms with Crippen molar-refractivity contribution >= 4 is 40.4 Å². The number of hydrogen-bond acceptors (Lipinski definition) is 1. The van der Waals surface area contributed by atoms with Crippen molar-refractivity contribution in [3.8, 4) is 0 Å². The van der Waals surface area contributed by atoms with Gasteiger partial charge in [-0.2, -0.15) is 0 Å². The van der Waals surface area contributed by atoms with Crippen LogP contribution in [-0.4, -0.2) is 11.3 Å². The van der Waals surface area contributed by atoms with E-state index in [0.717, 1.165) is 17.2 Å². The molecule has 2 nitrogen and oxygen atoms in total. The van der Waals surface area contributed by atoms with E-state index in [9.17, 15) is 4.79 Å². The molecule has 0 aliphatic rings. The van der Waals surface area contributed by atoms with Gasteiger partial charge in [-0.25, -0.2) is 0 Å². The lowest BCUT2D eigenvalue weighted by Crippen LogP contribution is -1.75. The topological polar surface area (TPSA) is 32.9 Å². The van der Waals surface area contributed by atoms with Gasteiger partial charge in [-0.3, -0.25) is 4.79 Å². The highest BCUT2D eigenvalue weighted by Crippen LogP contribution is 2.28. The highest BCUT2D eigenvalue weighted by Gasteiger charge is 2.06. The van der Waals surface area contributed by atoms with Crippen LogP contribution in [0.2, 0.25) is 10.0 Å². The maximum atomic E-state index is 10.6. The first-order valence-corrected chi connectivity index (χ1v) is 4.39. The number of benzene rings is 1. The third-order valence-electron chi connectivity index (χ3n) is 1.86. The van der Waals surface area contributed by atoms with E-state index in [-0.39, 0.29) is 0 Å². The molecule has 0 aliphatic carbocycles. The zero-order valence-corrected chi connectivity index (χ0v) is 7.99. The summed E-state index contributed by atoms with van der Waals surface area (Å²) >= 11 is 11.7. The summed E-state index contributed by atoms with van der Waals surface area (Å²) in [5, 5.41) is 1.81. The van der Waals surface area contributed by atoms with Crippen LogP contribution in [0.3, 0.4) is 0 Å². The first-order chi connectivity index (χ1) is 6.22. The lowest BCUT2D eigenvalue weighted by atomic mass is 10.2. The monoisotopic (exact) mass is 213 g/mol. The van der Waals surface area contributed by atoms with E-state index >= 15 is 0 Å². The number of carbonyl (C=O) groups is 1. The zero-order chi connectivity index (χ0) is 9.42. The largest absolute Gasteiger partial charge is 0.359 e. The average molecular weight is 214 g/mol. The van der Waals surface area contributed by atoms with Crippen molar-refractivity contribution in [1.29, 1.82) is 0 Å². The van der Waals surface area contributed by atoms with Gasteiger partial charge in [-0.15, -0.1) is 0 Å². The van der Waals surface area contributed by atoms with Crippen LogP contribution >= 0.6 is 23.2 Å². The van der Waals surface area contributed by atoms with Crippen molar-refractivity contribution in [1.82, 2.24) is 4.98 Å². The average Bonchev–Trinajstić information content (AvgIpc) is 2.47. The van der Waals surface area contributed by atoms with Crippen molar-refractivity contribution in [2.24, 2.45) is 0 Å².